The van der Waals surface area contributed by atoms with E-state index in [1.54, 1.807) is 0 Å². The molecule has 6 rings (SSSR count). The molecule has 0 spiro atoms. The SMILES string of the molecule is C[C@@H]1CCc2cc3ccc(CC[C@H]4C[C@@H](n5ccc6c(N)ncnc65)[C@H](O)[C@@H]4O)cc3nc2N1. The van der Waals surface area contributed by atoms with E-state index in [1.165, 1.54) is 17.5 Å². The summed E-state index contributed by atoms with van der Waals surface area (Å²) in [6.45, 7) is 2.19. The Morgan fingerprint density at radius 3 is 2.91 bits per heavy atom. The summed E-state index contributed by atoms with van der Waals surface area (Å²) >= 11 is 0. The van der Waals surface area contributed by atoms with Crippen molar-refractivity contribution in [3.05, 3.63) is 54.0 Å². The van der Waals surface area contributed by atoms with Gasteiger partial charge in [-0.3, -0.25) is 0 Å². The number of aliphatic hydroxyl groups is 2. The Bertz CT molecular complexity index is 1370. The molecule has 8 heteroatoms. The fourth-order valence-electron chi connectivity index (χ4n) is 5.68. The molecular weight excluding hydrogens is 428 g/mol. The zero-order valence-corrected chi connectivity index (χ0v) is 19.2. The molecule has 3 aromatic heterocycles. The predicted octanol–water partition coefficient (Wildman–Crippen LogP) is 3.22. The largest absolute Gasteiger partial charge is 0.390 e. The molecule has 1 saturated carbocycles. The fourth-order valence-corrected chi connectivity index (χ4v) is 5.68. The third kappa shape index (κ3) is 3.58. The Balaban J connectivity index is 1.19. The lowest BCUT2D eigenvalue weighted by atomic mass is 9.95. The number of aliphatic hydroxyl groups excluding tert-OH is 2. The molecule has 5 N–H and O–H groups in total. The number of hydrogen-bond donors (Lipinski definition) is 4. The molecule has 0 radical (unpaired) electrons. The third-order valence-corrected chi connectivity index (χ3v) is 7.66. The van der Waals surface area contributed by atoms with E-state index >= 15 is 0 Å². The van der Waals surface area contributed by atoms with E-state index in [4.69, 9.17) is 10.7 Å². The van der Waals surface area contributed by atoms with Crippen molar-refractivity contribution in [2.75, 3.05) is 11.1 Å². The summed E-state index contributed by atoms with van der Waals surface area (Å²) in [7, 11) is 0. The summed E-state index contributed by atoms with van der Waals surface area (Å²) in [5, 5.41) is 27.1. The number of rotatable bonds is 4. The van der Waals surface area contributed by atoms with Gasteiger partial charge in [0.15, 0.2) is 0 Å². The van der Waals surface area contributed by atoms with Crippen LogP contribution in [-0.2, 0) is 12.8 Å². The zero-order chi connectivity index (χ0) is 23.4. The number of aryl methyl sites for hydroxylation is 2. The molecule has 8 nitrogen and oxygen atoms in total. The van der Waals surface area contributed by atoms with Crippen LogP contribution in [-0.4, -0.2) is 48.0 Å². The van der Waals surface area contributed by atoms with Gasteiger partial charge in [0.05, 0.1) is 23.0 Å². The summed E-state index contributed by atoms with van der Waals surface area (Å²) in [6, 6.07) is 10.8. The van der Waals surface area contributed by atoms with Crippen LogP contribution in [0, 0.1) is 5.92 Å². The van der Waals surface area contributed by atoms with Gasteiger partial charge in [0.2, 0.25) is 0 Å². The van der Waals surface area contributed by atoms with Gasteiger partial charge in [-0.15, -0.1) is 0 Å². The van der Waals surface area contributed by atoms with Gasteiger partial charge in [-0.05, 0) is 74.3 Å². The van der Waals surface area contributed by atoms with Crippen molar-refractivity contribution in [3.8, 4) is 0 Å². The molecule has 1 aromatic carbocycles. The summed E-state index contributed by atoms with van der Waals surface area (Å²) in [5.41, 5.74) is 10.1. The lowest BCUT2D eigenvalue weighted by Crippen LogP contribution is -2.29. The van der Waals surface area contributed by atoms with Crippen molar-refractivity contribution in [2.24, 2.45) is 5.92 Å². The number of anilines is 2. The number of fused-ring (bicyclic) bond motifs is 3. The van der Waals surface area contributed by atoms with Crippen molar-refractivity contribution >= 4 is 33.6 Å². The van der Waals surface area contributed by atoms with Gasteiger partial charge in [-0.2, -0.15) is 0 Å². The highest BCUT2D eigenvalue weighted by molar-refractivity contribution is 5.86. The Morgan fingerprint density at radius 1 is 1.15 bits per heavy atom. The molecule has 176 valence electrons. The monoisotopic (exact) mass is 458 g/mol. The molecule has 0 bridgehead atoms. The number of nitrogens with two attached hydrogens (primary N) is 1. The first-order valence-corrected chi connectivity index (χ1v) is 12.1. The van der Waals surface area contributed by atoms with Gasteiger partial charge < -0.3 is 25.8 Å². The average molecular weight is 459 g/mol. The highest BCUT2D eigenvalue weighted by Crippen LogP contribution is 2.39. The van der Waals surface area contributed by atoms with Crippen LogP contribution in [0.2, 0.25) is 0 Å². The van der Waals surface area contributed by atoms with Crippen molar-refractivity contribution in [2.45, 2.75) is 63.3 Å². The molecular formula is C26H30N6O2. The lowest BCUT2D eigenvalue weighted by molar-refractivity contribution is 0.00545. The van der Waals surface area contributed by atoms with Gasteiger partial charge in [0.1, 0.15) is 29.7 Å². The summed E-state index contributed by atoms with van der Waals surface area (Å²) in [5.74, 6) is 1.42. The number of nitrogens with zero attached hydrogens (tertiary/aromatic N) is 4. The van der Waals surface area contributed by atoms with Gasteiger partial charge in [-0.1, -0.05) is 12.1 Å². The first-order valence-electron chi connectivity index (χ1n) is 12.1. The molecule has 5 atom stereocenters. The maximum absolute atomic E-state index is 10.8. The Labute approximate surface area is 197 Å². The van der Waals surface area contributed by atoms with Crippen LogP contribution >= 0.6 is 0 Å². The first-order chi connectivity index (χ1) is 16.5. The van der Waals surface area contributed by atoms with Crippen LogP contribution in [0.4, 0.5) is 11.6 Å². The van der Waals surface area contributed by atoms with Crippen LogP contribution in [0.15, 0.2) is 42.9 Å². The summed E-state index contributed by atoms with van der Waals surface area (Å²) < 4.78 is 1.93. The highest BCUT2D eigenvalue weighted by atomic mass is 16.3. The van der Waals surface area contributed by atoms with E-state index in [0.29, 0.717) is 23.9 Å². The molecule has 1 fully saturated rings. The van der Waals surface area contributed by atoms with E-state index in [0.717, 1.165) is 47.8 Å². The second kappa shape index (κ2) is 8.21. The number of benzene rings is 1. The van der Waals surface area contributed by atoms with Crippen molar-refractivity contribution in [3.63, 3.8) is 0 Å². The quantitative estimate of drug-likeness (QED) is 0.370. The Hall–Kier alpha value is -3.23. The minimum absolute atomic E-state index is 0.00802. The standard InChI is InChI=1S/C26H30N6O2/c1-14-2-5-18-11-16-6-3-15(10-20(16)31-25(18)30-14)4-7-17-12-21(23(34)22(17)33)32-9-8-19-24(27)28-13-29-26(19)32/h3,6,8-11,13-14,17,21-23,33-34H,2,4-5,7,12H2,1H3,(H,30,31)(H2,27,28,29)/t14-,17+,21-,22-,23+/m1/s1. The smallest absolute Gasteiger partial charge is 0.145 e. The van der Waals surface area contributed by atoms with E-state index in [2.05, 4.69) is 46.5 Å². The maximum atomic E-state index is 10.8. The van der Waals surface area contributed by atoms with E-state index < -0.39 is 12.2 Å². The van der Waals surface area contributed by atoms with Gasteiger partial charge in [0.25, 0.3) is 0 Å². The number of nitrogen functional groups attached to an aromatic ring is 1. The molecule has 1 aliphatic carbocycles. The van der Waals surface area contributed by atoms with Crippen LogP contribution in [0.5, 0.6) is 0 Å². The summed E-state index contributed by atoms with van der Waals surface area (Å²) in [6.07, 6.45) is 6.16. The summed E-state index contributed by atoms with van der Waals surface area (Å²) in [4.78, 5) is 13.3. The number of hydrogen-bond acceptors (Lipinski definition) is 7. The van der Waals surface area contributed by atoms with Crippen LogP contribution in [0.3, 0.4) is 0 Å². The minimum atomic E-state index is -0.852. The normalized spacial score (nSPS) is 26.6. The van der Waals surface area contributed by atoms with Gasteiger partial charge in [-0.25, -0.2) is 15.0 Å². The van der Waals surface area contributed by atoms with Crippen molar-refractivity contribution in [1.82, 2.24) is 19.5 Å². The first kappa shape index (κ1) is 21.3. The topological polar surface area (TPSA) is 122 Å². The molecule has 1 aliphatic heterocycles. The molecule has 2 aliphatic rings. The van der Waals surface area contributed by atoms with Gasteiger partial charge >= 0.3 is 0 Å². The second-order valence-corrected chi connectivity index (χ2v) is 9.91. The van der Waals surface area contributed by atoms with Crippen LogP contribution < -0.4 is 11.1 Å². The van der Waals surface area contributed by atoms with Crippen molar-refractivity contribution < 1.29 is 10.2 Å². The average Bonchev–Trinajstić information content (AvgIpc) is 3.38. The maximum Gasteiger partial charge on any atom is 0.145 e. The number of nitrogens with one attached hydrogen (secondary N) is 1. The van der Waals surface area contributed by atoms with E-state index in [9.17, 15) is 10.2 Å². The highest BCUT2D eigenvalue weighted by Gasteiger charge is 2.42. The minimum Gasteiger partial charge on any atom is -0.390 e. The lowest BCUT2D eigenvalue weighted by Gasteiger charge is -2.23. The number of pyridine rings is 1. The Morgan fingerprint density at radius 2 is 2.03 bits per heavy atom. The molecule has 0 unspecified atom stereocenters. The van der Waals surface area contributed by atoms with E-state index in [1.807, 2.05) is 16.8 Å². The molecule has 4 heterocycles. The molecule has 0 saturated heterocycles. The van der Waals surface area contributed by atoms with E-state index in [-0.39, 0.29) is 12.0 Å². The fraction of sp³-hybridized carbons (Fsp3) is 0.423. The molecule has 4 aromatic rings. The van der Waals surface area contributed by atoms with Gasteiger partial charge in [0, 0.05) is 17.6 Å². The predicted molar refractivity (Wildman–Crippen MR) is 133 cm³/mol. The Kier molecular flexibility index (Phi) is 5.15. The molecule has 0 amide bonds. The number of aromatic nitrogens is 4. The van der Waals surface area contributed by atoms with Crippen LogP contribution in [0.1, 0.15) is 43.4 Å². The third-order valence-electron chi connectivity index (χ3n) is 7.66. The molecule has 34 heavy (non-hydrogen) atoms. The second-order valence-electron chi connectivity index (χ2n) is 9.91. The zero-order valence-electron chi connectivity index (χ0n) is 19.2. The van der Waals surface area contributed by atoms with Crippen molar-refractivity contribution in [1.29, 1.82) is 0 Å². The van der Waals surface area contributed by atoms with Crippen LogP contribution in [0.25, 0.3) is 21.9 Å².